The van der Waals surface area contributed by atoms with Gasteiger partial charge in [-0.3, -0.25) is 19.0 Å². The van der Waals surface area contributed by atoms with Crippen molar-refractivity contribution >= 4 is 19.4 Å². The van der Waals surface area contributed by atoms with Gasteiger partial charge in [-0.15, -0.1) is 0 Å². The number of aliphatic hydroxyl groups is 9. The average Bonchev–Trinajstić information content (AvgIpc) is 2.96. The molecule has 21 nitrogen and oxygen atoms in total. The van der Waals surface area contributed by atoms with E-state index in [1.807, 2.05) is 5.48 Å². The summed E-state index contributed by atoms with van der Waals surface area (Å²) in [4.78, 5) is 49.7. The summed E-state index contributed by atoms with van der Waals surface area (Å²) in [5, 5.41) is 94.0. The molecule has 264 valence electrons. The van der Waals surface area contributed by atoms with Crippen LogP contribution < -0.4 is 16.5 Å². The number of hydrogen-bond donors (Lipinski definition) is 14. The second-order valence-electron chi connectivity index (χ2n) is 10.9. The van der Waals surface area contributed by atoms with E-state index < -0.39 is 124 Å². The van der Waals surface area contributed by atoms with Gasteiger partial charge in [-0.05, 0) is 0 Å². The Labute approximate surface area is 256 Å². The van der Waals surface area contributed by atoms with Crippen LogP contribution in [0.4, 0.5) is 0 Å². The highest BCUT2D eigenvalue weighted by Gasteiger charge is 2.60. The Bertz CT molecular complexity index is 1010. The molecule has 0 spiro atoms. The summed E-state index contributed by atoms with van der Waals surface area (Å²) in [5.74, 6) is -2.14. The van der Waals surface area contributed by atoms with E-state index in [1.54, 1.807) is 0 Å². The van der Waals surface area contributed by atoms with Crippen LogP contribution in [0, 0.1) is 0 Å². The molecule has 2 aliphatic heterocycles. The zero-order valence-corrected chi connectivity index (χ0v) is 25.1. The molecule has 22 heteroatoms. The van der Waals surface area contributed by atoms with Crippen LogP contribution in [0.1, 0.15) is 19.8 Å². The van der Waals surface area contributed by atoms with Crippen LogP contribution in [-0.2, 0) is 33.2 Å². The van der Waals surface area contributed by atoms with Crippen molar-refractivity contribution in [1.29, 1.82) is 0 Å². The van der Waals surface area contributed by atoms with E-state index >= 15 is 0 Å². The third kappa shape index (κ3) is 10.5. The van der Waals surface area contributed by atoms with E-state index in [-0.39, 0.29) is 19.6 Å². The fraction of sp³-hybridized carbons (Fsp3) is 0.913. The summed E-state index contributed by atoms with van der Waals surface area (Å²) < 4.78 is 28.3. The zero-order valence-electron chi connectivity index (χ0n) is 24.2. The van der Waals surface area contributed by atoms with Crippen molar-refractivity contribution in [2.24, 2.45) is 5.73 Å². The number of aliphatic hydroxyl groups excluding tert-OH is 9. The van der Waals surface area contributed by atoms with E-state index in [2.05, 4.69) is 5.32 Å². The minimum absolute atomic E-state index is 0.0805. The third-order valence-electron chi connectivity index (χ3n) is 7.36. The van der Waals surface area contributed by atoms with Crippen molar-refractivity contribution in [1.82, 2.24) is 10.8 Å². The SMILES string of the molecule is CC(=O)N[C@@]1(CC(=O)NOC[C@H]2O[C@H](OCCN)C[C@@H](O)[C@@H]2O)[C@@H](CP(=O)(O)O)O[C@H]([C@H](O)[C@@H](O)[C@H](O)[C@H](O)CO)[C@@H](O)[C@@H]1O. The van der Waals surface area contributed by atoms with Crippen molar-refractivity contribution in [3.8, 4) is 0 Å². The largest absolute Gasteiger partial charge is 0.394 e. The molecule has 2 amide bonds. The minimum Gasteiger partial charge on any atom is -0.394 e. The van der Waals surface area contributed by atoms with Crippen LogP contribution >= 0.6 is 7.60 Å². The molecule has 2 saturated heterocycles. The summed E-state index contributed by atoms with van der Waals surface area (Å²) in [6.07, 6.45) is -25.1. The summed E-state index contributed by atoms with van der Waals surface area (Å²) in [6, 6.07) is 0. The Morgan fingerprint density at radius 1 is 1.07 bits per heavy atom. The Morgan fingerprint density at radius 2 is 1.71 bits per heavy atom. The minimum atomic E-state index is -5.12. The molecule has 0 saturated carbocycles. The zero-order chi connectivity index (χ0) is 34.3. The van der Waals surface area contributed by atoms with Crippen LogP contribution in [-0.4, -0.2) is 179 Å². The van der Waals surface area contributed by atoms with Crippen LogP contribution in [0.25, 0.3) is 0 Å². The first kappa shape index (κ1) is 39.7. The topological polar surface area (TPSA) is 361 Å². The second kappa shape index (κ2) is 17.1. The maximum absolute atomic E-state index is 13.0. The van der Waals surface area contributed by atoms with Gasteiger partial charge in [0.25, 0.3) is 0 Å². The van der Waals surface area contributed by atoms with Gasteiger partial charge in [0.1, 0.15) is 67.1 Å². The van der Waals surface area contributed by atoms with Crippen LogP contribution in [0.3, 0.4) is 0 Å². The standard InChI is InChI=1S/C23H44N3O18P/c1-9(28)25-23(5-14(31)26-42-7-12-16(32)10(29)4-15(43-12)41-3-2-24)13(8-45(38,39)40)44-21(20(36)22(23)37)19(35)18(34)17(33)11(30)6-27/h10-13,15-22,27,29-30,32-37H,2-8,24H2,1H3,(H,25,28)(H,26,31)(H2,38,39,40)/t10-,11-,12-,13-,15+,16+,17-,18+,19-,20-,21-,22+,23+/m1/s1. The van der Waals surface area contributed by atoms with Gasteiger partial charge < -0.3 is 81.0 Å². The molecule has 0 aromatic carbocycles. The summed E-state index contributed by atoms with van der Waals surface area (Å²) in [5.41, 5.74) is 4.79. The lowest BCUT2D eigenvalue weighted by Gasteiger charge is -2.52. The Hall–Kier alpha value is -1.47. The molecule has 0 unspecified atom stereocenters. The lowest BCUT2D eigenvalue weighted by atomic mass is 9.75. The van der Waals surface area contributed by atoms with Gasteiger partial charge in [0.05, 0.1) is 38.0 Å². The van der Waals surface area contributed by atoms with Gasteiger partial charge >= 0.3 is 7.60 Å². The first-order valence-electron chi connectivity index (χ1n) is 13.8. The normalized spacial score (nSPS) is 35.2. The molecule has 13 atom stereocenters. The second-order valence-corrected chi connectivity index (χ2v) is 12.6. The van der Waals surface area contributed by atoms with E-state index in [9.17, 15) is 64.8 Å². The van der Waals surface area contributed by atoms with E-state index in [1.165, 1.54) is 0 Å². The lowest BCUT2D eigenvalue weighted by molar-refractivity contribution is -0.262. The summed E-state index contributed by atoms with van der Waals surface area (Å²) in [7, 11) is -5.12. The lowest BCUT2D eigenvalue weighted by Crippen LogP contribution is -2.76. The molecule has 0 aromatic rings. The number of nitrogens with two attached hydrogens (primary N) is 1. The van der Waals surface area contributed by atoms with Crippen LogP contribution in [0.2, 0.25) is 0 Å². The van der Waals surface area contributed by atoms with Crippen LogP contribution in [0.5, 0.6) is 0 Å². The fourth-order valence-electron chi connectivity index (χ4n) is 5.11. The van der Waals surface area contributed by atoms with E-state index in [4.69, 9.17) is 29.9 Å². The molecule has 2 rings (SSSR count). The van der Waals surface area contributed by atoms with Crippen molar-refractivity contribution in [2.75, 3.05) is 32.5 Å². The monoisotopic (exact) mass is 681 g/mol. The summed E-state index contributed by atoms with van der Waals surface area (Å²) >= 11 is 0. The molecule has 45 heavy (non-hydrogen) atoms. The number of carbonyl (C=O) groups is 2. The maximum atomic E-state index is 13.0. The number of carbonyl (C=O) groups excluding carboxylic acids is 2. The molecule has 2 heterocycles. The van der Waals surface area contributed by atoms with Crippen molar-refractivity contribution in [3.05, 3.63) is 0 Å². The molecule has 0 bridgehead atoms. The Balaban J connectivity index is 2.28. The first-order chi connectivity index (χ1) is 20.9. The predicted octanol–water partition coefficient (Wildman–Crippen LogP) is -7.79. The first-order valence-corrected chi connectivity index (χ1v) is 15.6. The van der Waals surface area contributed by atoms with Gasteiger partial charge in [-0.1, -0.05) is 0 Å². The Kier molecular flexibility index (Phi) is 15.1. The van der Waals surface area contributed by atoms with E-state index in [0.717, 1.165) is 6.92 Å². The maximum Gasteiger partial charge on any atom is 0.328 e. The Morgan fingerprint density at radius 3 is 2.27 bits per heavy atom. The van der Waals surface area contributed by atoms with E-state index in [0.29, 0.717) is 0 Å². The predicted molar refractivity (Wildman–Crippen MR) is 144 cm³/mol. The molecule has 2 aliphatic rings. The third-order valence-corrected chi connectivity index (χ3v) is 8.17. The van der Waals surface area contributed by atoms with Gasteiger partial charge in [0.2, 0.25) is 11.8 Å². The number of hydrogen-bond acceptors (Lipinski definition) is 17. The quantitative estimate of drug-likeness (QED) is 0.0531. The molecule has 0 aromatic heterocycles. The van der Waals surface area contributed by atoms with Gasteiger partial charge in [0, 0.05) is 19.9 Å². The van der Waals surface area contributed by atoms with Gasteiger partial charge in [0.15, 0.2) is 6.29 Å². The highest BCUT2D eigenvalue weighted by molar-refractivity contribution is 7.51. The van der Waals surface area contributed by atoms with Gasteiger partial charge in [-0.2, -0.15) is 0 Å². The highest BCUT2D eigenvalue weighted by atomic mass is 31.2. The van der Waals surface area contributed by atoms with Gasteiger partial charge in [-0.25, -0.2) is 5.48 Å². The smallest absolute Gasteiger partial charge is 0.328 e. The number of ether oxygens (including phenoxy) is 3. The number of nitrogens with one attached hydrogen (secondary N) is 2. The van der Waals surface area contributed by atoms with Crippen LogP contribution in [0.15, 0.2) is 0 Å². The molecule has 15 N–H and O–H groups in total. The van der Waals surface area contributed by atoms with Crippen molar-refractivity contribution < 1.29 is 88.9 Å². The summed E-state index contributed by atoms with van der Waals surface area (Å²) in [6.45, 7) is -0.482. The molecular weight excluding hydrogens is 637 g/mol. The molecule has 0 aliphatic carbocycles. The number of hydroxylamine groups is 1. The van der Waals surface area contributed by atoms with Crippen molar-refractivity contribution in [3.63, 3.8) is 0 Å². The molecule has 0 radical (unpaired) electrons. The number of rotatable bonds is 16. The molecule has 2 fully saturated rings. The van der Waals surface area contributed by atoms with Crippen molar-refractivity contribution in [2.45, 2.75) is 98.7 Å². The molecular formula is C23H44N3O18P. The highest BCUT2D eigenvalue weighted by Crippen LogP contribution is 2.44. The average molecular weight is 682 g/mol. The fourth-order valence-corrected chi connectivity index (χ4v) is 5.96. The number of amides is 2.